The van der Waals surface area contributed by atoms with Crippen LogP contribution in [0.1, 0.15) is 18.1 Å². The third-order valence-electron chi connectivity index (χ3n) is 2.41. The summed E-state index contributed by atoms with van der Waals surface area (Å²) in [4.78, 5) is 13.1. The minimum atomic E-state index is -0.191. The number of carbonyl (C=O) groups excluding carboxylic acids is 1. The Balaban J connectivity index is 2.71. The Kier molecular flexibility index (Phi) is 5.15. The lowest BCUT2D eigenvalue weighted by Gasteiger charge is -2.14. The van der Waals surface area contributed by atoms with Crippen LogP contribution < -0.4 is 0 Å². The number of nitrogens with zero attached hydrogens (tertiary/aromatic N) is 3. The molecular formula is C14H13N3O. The van der Waals surface area contributed by atoms with Gasteiger partial charge in [-0.1, -0.05) is 12.1 Å². The molecule has 0 radical (unpaired) electrons. The largest absolute Gasteiger partial charge is 0.326 e. The van der Waals surface area contributed by atoms with Crippen molar-refractivity contribution in [2.45, 2.75) is 6.92 Å². The van der Waals surface area contributed by atoms with Crippen LogP contribution in [0, 0.1) is 22.7 Å². The van der Waals surface area contributed by atoms with E-state index in [9.17, 15) is 4.79 Å². The molecule has 1 amide bonds. The van der Waals surface area contributed by atoms with Gasteiger partial charge in [0.25, 0.3) is 0 Å². The highest BCUT2D eigenvalue weighted by Crippen LogP contribution is 2.05. The Morgan fingerprint density at radius 1 is 1.33 bits per heavy atom. The van der Waals surface area contributed by atoms with E-state index >= 15 is 0 Å². The second-order valence-corrected chi connectivity index (χ2v) is 3.58. The van der Waals surface area contributed by atoms with Crippen molar-refractivity contribution in [2.24, 2.45) is 0 Å². The van der Waals surface area contributed by atoms with Gasteiger partial charge in [0.2, 0.25) is 5.91 Å². The number of hydrogen-bond acceptors (Lipinski definition) is 3. The molecule has 1 aromatic carbocycles. The molecule has 0 fully saturated rings. The second-order valence-electron chi connectivity index (χ2n) is 3.58. The molecule has 1 aromatic rings. The average molecular weight is 239 g/mol. The highest BCUT2D eigenvalue weighted by Gasteiger charge is 2.06. The van der Waals surface area contributed by atoms with Crippen molar-refractivity contribution in [1.29, 1.82) is 10.5 Å². The lowest BCUT2D eigenvalue weighted by atomic mass is 10.1. The van der Waals surface area contributed by atoms with E-state index in [2.05, 4.69) is 0 Å². The summed E-state index contributed by atoms with van der Waals surface area (Å²) in [5.74, 6) is -0.191. The van der Waals surface area contributed by atoms with Gasteiger partial charge in [0.1, 0.15) is 6.54 Å². The molecule has 0 aromatic heterocycles. The predicted octanol–water partition coefficient (Wildman–Crippen LogP) is 1.94. The summed E-state index contributed by atoms with van der Waals surface area (Å²) in [6.45, 7) is 2.42. The molecule has 0 unspecified atom stereocenters. The fourth-order valence-corrected chi connectivity index (χ4v) is 1.37. The zero-order chi connectivity index (χ0) is 13.4. The molecule has 0 aliphatic carbocycles. The van der Waals surface area contributed by atoms with Gasteiger partial charge in [0, 0.05) is 12.6 Å². The summed E-state index contributed by atoms with van der Waals surface area (Å²) in [7, 11) is 0. The van der Waals surface area contributed by atoms with Crippen LogP contribution >= 0.6 is 0 Å². The van der Waals surface area contributed by atoms with Gasteiger partial charge < -0.3 is 4.90 Å². The Morgan fingerprint density at radius 2 is 2.00 bits per heavy atom. The van der Waals surface area contributed by atoms with Crippen molar-refractivity contribution in [3.05, 3.63) is 41.5 Å². The molecule has 90 valence electrons. The number of benzene rings is 1. The smallest absolute Gasteiger partial charge is 0.247 e. The van der Waals surface area contributed by atoms with Gasteiger partial charge in [-0.25, -0.2) is 0 Å². The van der Waals surface area contributed by atoms with Gasteiger partial charge in [0.05, 0.1) is 17.7 Å². The number of hydrogen-bond donors (Lipinski definition) is 0. The van der Waals surface area contributed by atoms with Crippen LogP contribution in [0.2, 0.25) is 0 Å². The van der Waals surface area contributed by atoms with Gasteiger partial charge in [-0.05, 0) is 30.7 Å². The first-order valence-corrected chi connectivity index (χ1v) is 5.55. The first kappa shape index (κ1) is 13.5. The predicted molar refractivity (Wildman–Crippen MR) is 68.1 cm³/mol. The van der Waals surface area contributed by atoms with Gasteiger partial charge in [-0.15, -0.1) is 0 Å². The van der Waals surface area contributed by atoms with E-state index in [1.54, 1.807) is 30.3 Å². The molecule has 18 heavy (non-hydrogen) atoms. The Morgan fingerprint density at radius 3 is 2.50 bits per heavy atom. The molecule has 0 saturated carbocycles. The van der Waals surface area contributed by atoms with Gasteiger partial charge >= 0.3 is 0 Å². The summed E-state index contributed by atoms with van der Waals surface area (Å²) in [6.07, 6.45) is 3.10. The van der Waals surface area contributed by atoms with Crippen LogP contribution in [-0.2, 0) is 4.79 Å². The SMILES string of the molecule is CCN(CC#N)C(=O)/C=C/c1ccc(C#N)cc1. The first-order valence-electron chi connectivity index (χ1n) is 5.55. The van der Waals surface area contributed by atoms with E-state index in [0.29, 0.717) is 12.1 Å². The molecule has 0 N–H and O–H groups in total. The molecule has 4 nitrogen and oxygen atoms in total. The Labute approximate surface area is 106 Å². The molecule has 0 aliphatic heterocycles. The van der Waals surface area contributed by atoms with Crippen LogP contribution in [0.5, 0.6) is 0 Å². The molecule has 0 heterocycles. The van der Waals surface area contributed by atoms with E-state index in [0.717, 1.165) is 5.56 Å². The van der Waals surface area contributed by atoms with Gasteiger partial charge in [-0.2, -0.15) is 10.5 Å². The summed E-state index contributed by atoms with van der Waals surface area (Å²) >= 11 is 0. The third kappa shape index (κ3) is 3.77. The monoisotopic (exact) mass is 239 g/mol. The van der Waals surface area contributed by atoms with Crippen molar-refractivity contribution < 1.29 is 4.79 Å². The standard InChI is InChI=1S/C14H13N3O/c1-2-17(10-9-15)14(18)8-7-12-3-5-13(11-16)6-4-12/h3-8H,2,10H2,1H3/b8-7+. The van der Waals surface area contributed by atoms with E-state index in [1.807, 2.05) is 19.1 Å². The van der Waals surface area contributed by atoms with Crippen LogP contribution in [0.4, 0.5) is 0 Å². The van der Waals surface area contributed by atoms with Crippen molar-refractivity contribution in [3.63, 3.8) is 0 Å². The highest BCUT2D eigenvalue weighted by atomic mass is 16.2. The fraction of sp³-hybridized carbons (Fsp3) is 0.214. The minimum Gasteiger partial charge on any atom is -0.326 e. The van der Waals surface area contributed by atoms with Crippen LogP contribution in [0.25, 0.3) is 6.08 Å². The van der Waals surface area contributed by atoms with E-state index in [4.69, 9.17) is 10.5 Å². The fourth-order valence-electron chi connectivity index (χ4n) is 1.37. The molecule has 0 bridgehead atoms. The first-order chi connectivity index (χ1) is 8.71. The normalized spacial score (nSPS) is 9.72. The van der Waals surface area contributed by atoms with E-state index < -0.39 is 0 Å². The molecule has 0 spiro atoms. The minimum absolute atomic E-state index is 0.0903. The zero-order valence-electron chi connectivity index (χ0n) is 10.1. The summed E-state index contributed by atoms with van der Waals surface area (Å²) in [5, 5.41) is 17.2. The van der Waals surface area contributed by atoms with E-state index in [1.165, 1.54) is 11.0 Å². The Bertz CT molecular complexity index is 517. The van der Waals surface area contributed by atoms with Crippen LogP contribution in [0.15, 0.2) is 30.3 Å². The Hall–Kier alpha value is -2.59. The highest BCUT2D eigenvalue weighted by molar-refractivity contribution is 5.91. The molecule has 0 aliphatic rings. The summed E-state index contributed by atoms with van der Waals surface area (Å²) in [6, 6.07) is 10.9. The quantitative estimate of drug-likeness (QED) is 0.595. The lowest BCUT2D eigenvalue weighted by molar-refractivity contribution is -0.125. The molecule has 4 heteroatoms. The third-order valence-corrected chi connectivity index (χ3v) is 2.41. The van der Waals surface area contributed by atoms with Gasteiger partial charge in [0.15, 0.2) is 0 Å². The summed E-state index contributed by atoms with van der Waals surface area (Å²) < 4.78 is 0. The van der Waals surface area contributed by atoms with Crippen LogP contribution in [-0.4, -0.2) is 23.9 Å². The molecule has 0 atom stereocenters. The topological polar surface area (TPSA) is 67.9 Å². The van der Waals surface area contributed by atoms with Crippen molar-refractivity contribution >= 4 is 12.0 Å². The van der Waals surface area contributed by atoms with Gasteiger partial charge in [-0.3, -0.25) is 4.79 Å². The van der Waals surface area contributed by atoms with Crippen molar-refractivity contribution in [1.82, 2.24) is 4.90 Å². The number of carbonyl (C=O) groups is 1. The molecule has 0 saturated heterocycles. The van der Waals surface area contributed by atoms with E-state index in [-0.39, 0.29) is 12.5 Å². The average Bonchev–Trinajstić information content (AvgIpc) is 2.42. The molecule has 1 rings (SSSR count). The lowest BCUT2D eigenvalue weighted by Crippen LogP contribution is -2.29. The maximum absolute atomic E-state index is 11.7. The maximum atomic E-state index is 11.7. The number of amides is 1. The maximum Gasteiger partial charge on any atom is 0.247 e. The second kappa shape index (κ2) is 6.88. The van der Waals surface area contributed by atoms with Crippen LogP contribution in [0.3, 0.4) is 0 Å². The molecular weight excluding hydrogens is 226 g/mol. The number of likely N-dealkylation sites (N-methyl/N-ethyl adjacent to an activating group) is 1. The summed E-state index contributed by atoms with van der Waals surface area (Å²) in [5.41, 5.74) is 1.42. The number of rotatable bonds is 4. The van der Waals surface area contributed by atoms with Crippen molar-refractivity contribution in [2.75, 3.05) is 13.1 Å². The van der Waals surface area contributed by atoms with Crippen molar-refractivity contribution in [3.8, 4) is 12.1 Å². The number of nitriles is 2. The zero-order valence-corrected chi connectivity index (χ0v) is 10.1.